The van der Waals surface area contributed by atoms with E-state index < -0.39 is 11.7 Å². The third-order valence-electron chi connectivity index (χ3n) is 5.13. The first kappa shape index (κ1) is 25.9. The molecule has 9 nitrogen and oxygen atoms in total. The number of methoxy groups -OCH3 is 1. The van der Waals surface area contributed by atoms with E-state index in [-0.39, 0.29) is 12.6 Å². The van der Waals surface area contributed by atoms with Crippen LogP contribution < -0.4 is 20.1 Å². The molecule has 0 aliphatic rings. The number of amides is 2. The van der Waals surface area contributed by atoms with Gasteiger partial charge in [-0.1, -0.05) is 19.8 Å². The molecule has 0 aliphatic carbocycles. The number of carbonyl (C=O) groups is 2. The zero-order valence-corrected chi connectivity index (χ0v) is 21.0. The fourth-order valence-corrected chi connectivity index (χ4v) is 3.46. The van der Waals surface area contributed by atoms with Crippen molar-refractivity contribution in [3.63, 3.8) is 0 Å². The first-order valence-corrected chi connectivity index (χ1v) is 11.8. The molecule has 0 radical (unpaired) electrons. The molecule has 0 aliphatic heterocycles. The molecule has 0 saturated carbocycles. The average Bonchev–Trinajstić information content (AvgIpc) is 3.25. The number of ether oxygens (including phenoxy) is 3. The molecule has 2 N–H and O–H groups in total. The van der Waals surface area contributed by atoms with E-state index in [4.69, 9.17) is 14.2 Å². The van der Waals surface area contributed by atoms with Gasteiger partial charge in [0.05, 0.1) is 13.7 Å². The lowest BCUT2D eigenvalue weighted by Gasteiger charge is -2.19. The van der Waals surface area contributed by atoms with E-state index in [9.17, 15) is 9.59 Å². The number of aromatic nitrogens is 2. The van der Waals surface area contributed by atoms with Crippen molar-refractivity contribution in [3.8, 4) is 11.5 Å². The van der Waals surface area contributed by atoms with Gasteiger partial charge in [0.2, 0.25) is 0 Å². The van der Waals surface area contributed by atoms with Gasteiger partial charge in [-0.05, 0) is 57.0 Å². The molecule has 2 amide bonds. The maximum atomic E-state index is 12.6. The predicted molar refractivity (Wildman–Crippen MR) is 135 cm³/mol. The van der Waals surface area contributed by atoms with Crippen LogP contribution in [0.25, 0.3) is 11.0 Å². The summed E-state index contributed by atoms with van der Waals surface area (Å²) >= 11 is 0. The van der Waals surface area contributed by atoms with Crippen molar-refractivity contribution >= 4 is 28.8 Å². The zero-order chi connectivity index (χ0) is 25.4. The largest absolute Gasteiger partial charge is 0.493 e. The quantitative estimate of drug-likeness (QED) is 0.378. The smallest absolute Gasteiger partial charge is 0.420 e. The number of fused-ring (bicyclic) bond motifs is 1. The standard InChI is InChI=1S/C26H34N4O5/c1-6-7-8-15-34-22-16-19(9-10-21(22)33-5)29-24(31)28-17-18-11-13-27-23-20(18)12-14-30(23)25(32)35-26(2,3)4/h9-14,16H,6-8,15,17H2,1-5H3,(H2,28,29,31). The molecular weight excluding hydrogens is 448 g/mol. The summed E-state index contributed by atoms with van der Waals surface area (Å²) < 4.78 is 18.0. The van der Waals surface area contributed by atoms with Crippen molar-refractivity contribution in [1.29, 1.82) is 0 Å². The number of benzene rings is 1. The normalized spacial score (nSPS) is 11.2. The summed E-state index contributed by atoms with van der Waals surface area (Å²) in [6.45, 7) is 8.39. The molecule has 9 heteroatoms. The van der Waals surface area contributed by atoms with Crippen LogP contribution in [-0.4, -0.2) is 41.0 Å². The van der Waals surface area contributed by atoms with E-state index in [1.54, 1.807) is 49.8 Å². The van der Waals surface area contributed by atoms with E-state index in [1.807, 2.05) is 20.8 Å². The van der Waals surface area contributed by atoms with Crippen LogP contribution in [0.15, 0.2) is 42.7 Å². The molecule has 0 fully saturated rings. The molecule has 0 unspecified atom stereocenters. The number of carbonyl (C=O) groups excluding carboxylic acids is 2. The van der Waals surface area contributed by atoms with Crippen LogP contribution in [0.2, 0.25) is 0 Å². The Morgan fingerprint density at radius 2 is 1.89 bits per heavy atom. The summed E-state index contributed by atoms with van der Waals surface area (Å²) in [6.07, 6.45) is 5.87. The van der Waals surface area contributed by atoms with Crippen molar-refractivity contribution in [1.82, 2.24) is 14.9 Å². The number of nitrogens with zero attached hydrogens (tertiary/aromatic N) is 2. The fourth-order valence-electron chi connectivity index (χ4n) is 3.46. The second-order valence-electron chi connectivity index (χ2n) is 9.10. The van der Waals surface area contributed by atoms with Gasteiger partial charge in [-0.15, -0.1) is 0 Å². The Hall–Kier alpha value is -3.75. The number of hydrogen-bond donors (Lipinski definition) is 2. The minimum atomic E-state index is -0.618. The third kappa shape index (κ3) is 7.11. The Kier molecular flexibility index (Phi) is 8.57. The van der Waals surface area contributed by atoms with Crippen molar-refractivity contribution in [2.24, 2.45) is 0 Å². The van der Waals surface area contributed by atoms with Gasteiger partial charge in [-0.25, -0.2) is 19.1 Å². The fraction of sp³-hybridized carbons (Fsp3) is 0.423. The van der Waals surface area contributed by atoms with Gasteiger partial charge < -0.3 is 24.8 Å². The number of rotatable bonds is 9. The molecular formula is C26H34N4O5. The summed E-state index contributed by atoms with van der Waals surface area (Å²) in [5, 5.41) is 6.43. The molecule has 188 valence electrons. The summed E-state index contributed by atoms with van der Waals surface area (Å²) in [6, 6.07) is 8.48. The van der Waals surface area contributed by atoms with Gasteiger partial charge in [-0.2, -0.15) is 0 Å². The van der Waals surface area contributed by atoms with Crippen LogP contribution in [0.4, 0.5) is 15.3 Å². The molecule has 2 heterocycles. The Labute approximate surface area is 205 Å². The Bertz CT molecular complexity index is 1170. The van der Waals surface area contributed by atoms with Crippen LogP contribution in [-0.2, 0) is 11.3 Å². The summed E-state index contributed by atoms with van der Waals surface area (Å²) in [4.78, 5) is 29.4. The van der Waals surface area contributed by atoms with Gasteiger partial charge in [0, 0.05) is 36.1 Å². The van der Waals surface area contributed by atoms with E-state index in [2.05, 4.69) is 22.5 Å². The summed E-state index contributed by atoms with van der Waals surface area (Å²) in [5.41, 5.74) is 1.26. The highest BCUT2D eigenvalue weighted by Gasteiger charge is 2.20. The highest BCUT2D eigenvalue weighted by atomic mass is 16.6. The molecule has 0 atom stereocenters. The Balaban J connectivity index is 1.65. The van der Waals surface area contributed by atoms with Gasteiger partial charge in [-0.3, -0.25) is 0 Å². The lowest BCUT2D eigenvalue weighted by molar-refractivity contribution is 0.0543. The molecule has 0 saturated heterocycles. The SMILES string of the molecule is CCCCCOc1cc(NC(=O)NCc2ccnc3c2ccn3C(=O)OC(C)(C)C)ccc1OC. The molecule has 0 spiro atoms. The molecule has 35 heavy (non-hydrogen) atoms. The van der Waals surface area contributed by atoms with Crippen molar-refractivity contribution in [2.75, 3.05) is 19.0 Å². The number of nitrogens with one attached hydrogen (secondary N) is 2. The first-order chi connectivity index (χ1) is 16.7. The van der Waals surface area contributed by atoms with Gasteiger partial charge in [0.15, 0.2) is 11.5 Å². The third-order valence-corrected chi connectivity index (χ3v) is 5.13. The number of urea groups is 1. The summed E-state index contributed by atoms with van der Waals surface area (Å²) in [5.74, 6) is 1.20. The van der Waals surface area contributed by atoms with Gasteiger partial charge in [0.1, 0.15) is 11.2 Å². The van der Waals surface area contributed by atoms with Crippen LogP contribution in [0.1, 0.15) is 52.5 Å². The van der Waals surface area contributed by atoms with Crippen molar-refractivity contribution in [2.45, 2.75) is 59.1 Å². The molecule has 3 rings (SSSR count). The lowest BCUT2D eigenvalue weighted by Crippen LogP contribution is -2.28. The van der Waals surface area contributed by atoms with E-state index in [0.29, 0.717) is 29.4 Å². The predicted octanol–water partition coefficient (Wildman–Crippen LogP) is 5.72. The van der Waals surface area contributed by atoms with Crippen molar-refractivity contribution < 1.29 is 23.8 Å². The van der Waals surface area contributed by atoms with E-state index in [1.165, 1.54) is 4.57 Å². The zero-order valence-electron chi connectivity index (χ0n) is 21.0. The summed E-state index contributed by atoms with van der Waals surface area (Å²) in [7, 11) is 1.58. The lowest BCUT2D eigenvalue weighted by atomic mass is 10.2. The molecule has 2 aromatic heterocycles. The second-order valence-corrected chi connectivity index (χ2v) is 9.10. The Morgan fingerprint density at radius 3 is 2.60 bits per heavy atom. The maximum Gasteiger partial charge on any atom is 0.420 e. The minimum Gasteiger partial charge on any atom is -0.493 e. The highest BCUT2D eigenvalue weighted by Crippen LogP contribution is 2.30. The Morgan fingerprint density at radius 1 is 1.09 bits per heavy atom. The van der Waals surface area contributed by atoms with Crippen LogP contribution in [0.5, 0.6) is 11.5 Å². The van der Waals surface area contributed by atoms with Gasteiger partial charge in [0.25, 0.3) is 0 Å². The second kappa shape index (κ2) is 11.6. The number of hydrogen-bond acceptors (Lipinski definition) is 6. The monoisotopic (exact) mass is 482 g/mol. The van der Waals surface area contributed by atoms with Crippen LogP contribution in [0, 0.1) is 0 Å². The first-order valence-electron chi connectivity index (χ1n) is 11.8. The number of anilines is 1. The topological polar surface area (TPSA) is 104 Å². The average molecular weight is 483 g/mol. The highest BCUT2D eigenvalue weighted by molar-refractivity contribution is 5.91. The van der Waals surface area contributed by atoms with Crippen molar-refractivity contribution in [3.05, 3.63) is 48.3 Å². The number of pyridine rings is 1. The van der Waals surface area contributed by atoms with Crippen LogP contribution >= 0.6 is 0 Å². The molecule has 0 bridgehead atoms. The van der Waals surface area contributed by atoms with E-state index in [0.717, 1.165) is 30.2 Å². The maximum absolute atomic E-state index is 12.6. The number of unbranched alkanes of at least 4 members (excludes halogenated alkanes) is 2. The minimum absolute atomic E-state index is 0.250. The molecule has 3 aromatic rings. The van der Waals surface area contributed by atoms with E-state index >= 15 is 0 Å². The van der Waals surface area contributed by atoms with Crippen LogP contribution in [0.3, 0.4) is 0 Å². The van der Waals surface area contributed by atoms with Gasteiger partial charge >= 0.3 is 12.1 Å². The molecule has 1 aromatic carbocycles.